The Kier molecular flexibility index (Phi) is 4.48. The molecule has 25 heavy (non-hydrogen) atoms. The van der Waals surface area contributed by atoms with E-state index in [9.17, 15) is 14.4 Å². The first-order chi connectivity index (χ1) is 12.0. The highest BCUT2D eigenvalue weighted by Crippen LogP contribution is 2.37. The molecule has 0 fully saturated rings. The Hall–Kier alpha value is -3.21. The van der Waals surface area contributed by atoms with Crippen molar-refractivity contribution >= 4 is 17.7 Å². The van der Waals surface area contributed by atoms with Gasteiger partial charge in [-0.15, -0.1) is 0 Å². The number of carbonyl (C=O) groups excluding carboxylic acids is 3. The minimum Gasteiger partial charge on any atom is -0.450 e. The Labute approximate surface area is 144 Å². The molecule has 126 valence electrons. The van der Waals surface area contributed by atoms with Crippen LogP contribution in [0.15, 0.2) is 60.7 Å². The second kappa shape index (κ2) is 6.73. The topological polar surface area (TPSA) is 69.7 Å². The van der Waals surface area contributed by atoms with Gasteiger partial charge in [0.05, 0.1) is 0 Å². The molecular formula is C20H16O5. The molecule has 2 aromatic rings. The molecule has 0 bridgehead atoms. The monoisotopic (exact) mass is 336 g/mol. The summed E-state index contributed by atoms with van der Waals surface area (Å²) in [4.78, 5) is 36.1. The number of ether oxygens (including phenoxy) is 2. The molecule has 5 heteroatoms. The van der Waals surface area contributed by atoms with Crippen molar-refractivity contribution < 1.29 is 23.9 Å². The highest BCUT2D eigenvalue weighted by Gasteiger charge is 2.33. The summed E-state index contributed by atoms with van der Waals surface area (Å²) in [6.45, 7) is 4.43. The zero-order valence-electron chi connectivity index (χ0n) is 13.7. The van der Waals surface area contributed by atoms with Crippen LogP contribution in [-0.4, -0.2) is 24.3 Å². The van der Waals surface area contributed by atoms with Crippen LogP contribution in [0.3, 0.4) is 0 Å². The summed E-state index contributed by atoms with van der Waals surface area (Å²) < 4.78 is 10.3. The van der Waals surface area contributed by atoms with Gasteiger partial charge in [-0.25, -0.2) is 9.59 Å². The van der Waals surface area contributed by atoms with E-state index in [1.807, 2.05) is 0 Å². The average Bonchev–Trinajstić information content (AvgIpc) is 2.63. The van der Waals surface area contributed by atoms with E-state index in [-0.39, 0.29) is 11.4 Å². The molecule has 0 unspecified atom stereocenters. The standard InChI is InChI=1S/C20H16O5/c1-12(2)20(23)24-11-17(21)25-19-15-9-5-3-7-13(15)18(22)14-8-4-6-10-16(14)19/h3-10,19H,1,11H2,2H3. The van der Waals surface area contributed by atoms with E-state index in [4.69, 9.17) is 9.47 Å². The van der Waals surface area contributed by atoms with Gasteiger partial charge < -0.3 is 9.47 Å². The van der Waals surface area contributed by atoms with Gasteiger partial charge in [0.15, 0.2) is 18.5 Å². The Morgan fingerprint density at radius 3 is 2.04 bits per heavy atom. The van der Waals surface area contributed by atoms with E-state index in [0.29, 0.717) is 22.3 Å². The van der Waals surface area contributed by atoms with E-state index in [1.165, 1.54) is 6.92 Å². The van der Waals surface area contributed by atoms with Crippen LogP contribution in [0.4, 0.5) is 0 Å². The lowest BCUT2D eigenvalue weighted by molar-refractivity contribution is -0.159. The maximum Gasteiger partial charge on any atom is 0.345 e. The van der Waals surface area contributed by atoms with Gasteiger partial charge in [0.2, 0.25) is 0 Å². The summed E-state index contributed by atoms with van der Waals surface area (Å²) in [5.41, 5.74) is 2.43. The molecule has 2 aromatic carbocycles. The molecule has 0 radical (unpaired) electrons. The van der Waals surface area contributed by atoms with Crippen molar-refractivity contribution in [2.45, 2.75) is 13.0 Å². The highest BCUT2D eigenvalue weighted by molar-refractivity contribution is 6.12. The number of hydrogen-bond acceptors (Lipinski definition) is 5. The number of carbonyl (C=O) groups is 3. The van der Waals surface area contributed by atoms with Gasteiger partial charge in [-0.3, -0.25) is 4.79 Å². The molecular weight excluding hydrogens is 320 g/mol. The molecule has 5 nitrogen and oxygen atoms in total. The smallest absolute Gasteiger partial charge is 0.345 e. The van der Waals surface area contributed by atoms with E-state index >= 15 is 0 Å². The minimum atomic E-state index is -0.721. The van der Waals surface area contributed by atoms with Crippen LogP contribution >= 0.6 is 0 Å². The lowest BCUT2D eigenvalue weighted by Gasteiger charge is -2.27. The molecule has 0 aromatic heterocycles. The van der Waals surface area contributed by atoms with E-state index < -0.39 is 24.6 Å². The predicted molar refractivity (Wildman–Crippen MR) is 90.0 cm³/mol. The Balaban J connectivity index is 1.88. The van der Waals surface area contributed by atoms with Crippen molar-refractivity contribution in [3.8, 4) is 0 Å². The number of esters is 2. The third kappa shape index (κ3) is 3.21. The molecule has 0 saturated carbocycles. The van der Waals surface area contributed by atoms with Crippen molar-refractivity contribution in [2.24, 2.45) is 0 Å². The van der Waals surface area contributed by atoms with Gasteiger partial charge in [0.1, 0.15) is 0 Å². The average molecular weight is 336 g/mol. The van der Waals surface area contributed by atoms with Crippen molar-refractivity contribution in [2.75, 3.05) is 6.61 Å². The predicted octanol–water partition coefficient (Wildman–Crippen LogP) is 2.98. The van der Waals surface area contributed by atoms with Gasteiger partial charge in [-0.1, -0.05) is 55.1 Å². The van der Waals surface area contributed by atoms with E-state index in [0.717, 1.165) is 0 Å². The van der Waals surface area contributed by atoms with Gasteiger partial charge in [0, 0.05) is 27.8 Å². The summed E-state index contributed by atoms with van der Waals surface area (Å²) in [6.07, 6.45) is -0.721. The molecule has 3 rings (SSSR count). The number of hydrogen-bond donors (Lipinski definition) is 0. The van der Waals surface area contributed by atoms with Crippen LogP contribution in [0.5, 0.6) is 0 Å². The van der Waals surface area contributed by atoms with Crippen LogP contribution in [0.25, 0.3) is 0 Å². The fraction of sp³-hybridized carbons (Fsp3) is 0.150. The van der Waals surface area contributed by atoms with Crippen molar-refractivity contribution in [1.29, 1.82) is 0 Å². The van der Waals surface area contributed by atoms with Crippen molar-refractivity contribution in [1.82, 2.24) is 0 Å². The fourth-order valence-corrected chi connectivity index (χ4v) is 2.72. The number of benzene rings is 2. The Morgan fingerprint density at radius 1 is 1.00 bits per heavy atom. The van der Waals surface area contributed by atoms with Crippen LogP contribution in [0.2, 0.25) is 0 Å². The lowest BCUT2D eigenvalue weighted by Crippen LogP contribution is -2.25. The normalized spacial score (nSPS) is 12.8. The molecule has 1 aliphatic rings. The molecule has 0 amide bonds. The van der Waals surface area contributed by atoms with Crippen molar-refractivity contribution in [3.05, 3.63) is 82.9 Å². The zero-order valence-corrected chi connectivity index (χ0v) is 13.7. The Morgan fingerprint density at radius 2 is 1.52 bits per heavy atom. The van der Waals surface area contributed by atoms with Crippen LogP contribution < -0.4 is 0 Å². The lowest BCUT2D eigenvalue weighted by atomic mass is 9.83. The number of ketones is 1. The van der Waals surface area contributed by atoms with Crippen LogP contribution in [-0.2, 0) is 19.1 Å². The maximum absolute atomic E-state index is 12.6. The first kappa shape index (κ1) is 16.6. The van der Waals surface area contributed by atoms with Crippen LogP contribution in [0.1, 0.15) is 40.1 Å². The van der Waals surface area contributed by atoms with Crippen LogP contribution in [0, 0.1) is 0 Å². The SMILES string of the molecule is C=C(C)C(=O)OCC(=O)OC1c2ccccc2C(=O)c2ccccc21. The van der Waals surface area contributed by atoms with E-state index in [2.05, 4.69) is 6.58 Å². The fourth-order valence-electron chi connectivity index (χ4n) is 2.72. The van der Waals surface area contributed by atoms with Crippen molar-refractivity contribution in [3.63, 3.8) is 0 Å². The molecule has 0 spiro atoms. The quantitative estimate of drug-likeness (QED) is 0.634. The second-order valence-corrected chi connectivity index (χ2v) is 5.73. The number of rotatable bonds is 4. The van der Waals surface area contributed by atoms with Gasteiger partial charge in [-0.2, -0.15) is 0 Å². The second-order valence-electron chi connectivity index (χ2n) is 5.73. The summed E-state index contributed by atoms with van der Waals surface area (Å²) in [5.74, 6) is -1.46. The maximum atomic E-state index is 12.6. The molecule has 0 atom stereocenters. The zero-order chi connectivity index (χ0) is 18.0. The molecule has 0 heterocycles. The first-order valence-corrected chi connectivity index (χ1v) is 7.73. The number of fused-ring (bicyclic) bond motifs is 2. The summed E-state index contributed by atoms with van der Waals surface area (Å²) in [7, 11) is 0. The molecule has 1 aliphatic carbocycles. The molecule has 0 saturated heterocycles. The summed E-state index contributed by atoms with van der Waals surface area (Å²) >= 11 is 0. The van der Waals surface area contributed by atoms with Gasteiger partial charge in [0.25, 0.3) is 0 Å². The van der Waals surface area contributed by atoms with Gasteiger partial charge in [-0.05, 0) is 6.92 Å². The highest BCUT2D eigenvalue weighted by atomic mass is 16.6. The van der Waals surface area contributed by atoms with Gasteiger partial charge >= 0.3 is 11.9 Å². The third-order valence-electron chi connectivity index (χ3n) is 3.89. The molecule has 0 N–H and O–H groups in total. The Bertz CT molecular complexity index is 832. The molecule has 0 aliphatic heterocycles. The minimum absolute atomic E-state index is 0.104. The third-order valence-corrected chi connectivity index (χ3v) is 3.89. The van der Waals surface area contributed by atoms with E-state index in [1.54, 1.807) is 48.5 Å². The first-order valence-electron chi connectivity index (χ1n) is 7.73. The summed E-state index contributed by atoms with van der Waals surface area (Å²) in [5, 5.41) is 0. The summed E-state index contributed by atoms with van der Waals surface area (Å²) in [6, 6.07) is 14.0. The largest absolute Gasteiger partial charge is 0.450 e.